The van der Waals surface area contributed by atoms with Crippen molar-refractivity contribution in [2.24, 2.45) is 11.8 Å². The molecule has 158 valence electrons. The van der Waals surface area contributed by atoms with E-state index in [0.717, 1.165) is 35.6 Å². The topological polar surface area (TPSA) is 97.0 Å². The molecule has 30 heavy (non-hydrogen) atoms. The first-order valence-corrected chi connectivity index (χ1v) is 10.5. The third-order valence-electron chi connectivity index (χ3n) is 5.49. The lowest BCUT2D eigenvalue weighted by atomic mass is 9.92. The minimum atomic E-state index is -0.0435. The van der Waals surface area contributed by atoms with Crippen molar-refractivity contribution in [3.05, 3.63) is 41.6 Å². The molecule has 0 spiro atoms. The maximum absolute atomic E-state index is 12.3. The summed E-state index contributed by atoms with van der Waals surface area (Å²) in [6.07, 6.45) is 5.44. The Hall–Kier alpha value is -3.03. The van der Waals surface area contributed by atoms with Gasteiger partial charge in [0.1, 0.15) is 17.0 Å². The van der Waals surface area contributed by atoms with Crippen molar-refractivity contribution in [2.45, 2.75) is 46.6 Å². The number of piperidine rings is 1. The van der Waals surface area contributed by atoms with Crippen molar-refractivity contribution in [1.29, 1.82) is 0 Å². The van der Waals surface area contributed by atoms with Gasteiger partial charge < -0.3 is 14.7 Å². The summed E-state index contributed by atoms with van der Waals surface area (Å²) in [5.41, 5.74) is 2.26. The second kappa shape index (κ2) is 8.77. The zero-order valence-electron chi connectivity index (χ0n) is 17.8. The molecular weight excluding hydrogens is 380 g/mol. The maximum Gasteiger partial charge on any atom is 0.263 e. The number of nitrogens with zero attached hydrogens (tertiary/aromatic N) is 5. The number of nitrogens with one attached hydrogen (secondary N) is 1. The van der Waals surface area contributed by atoms with Gasteiger partial charge in [0.2, 0.25) is 5.91 Å². The minimum Gasteiger partial charge on any atom is -0.355 e. The Morgan fingerprint density at radius 3 is 2.80 bits per heavy atom. The van der Waals surface area contributed by atoms with Crippen molar-refractivity contribution in [3.8, 4) is 0 Å². The molecule has 0 aliphatic carbocycles. The van der Waals surface area contributed by atoms with Crippen LogP contribution in [0.3, 0.4) is 0 Å². The van der Waals surface area contributed by atoms with Crippen molar-refractivity contribution >= 4 is 22.8 Å². The van der Waals surface area contributed by atoms with Crippen molar-refractivity contribution in [2.75, 3.05) is 18.0 Å². The van der Waals surface area contributed by atoms with Crippen LogP contribution in [0, 0.1) is 18.8 Å². The molecular formula is C22H28N6O2. The lowest BCUT2D eigenvalue weighted by Gasteiger charge is -2.36. The van der Waals surface area contributed by atoms with Crippen LogP contribution in [0.25, 0.3) is 11.1 Å². The molecule has 0 radical (unpaired) electrons. The largest absolute Gasteiger partial charge is 0.355 e. The number of carbonyl (C=O) groups excluding carboxylic acids is 1. The first kappa shape index (κ1) is 20.3. The minimum absolute atomic E-state index is 0.0435. The Kier molecular flexibility index (Phi) is 5.92. The van der Waals surface area contributed by atoms with Crippen LogP contribution < -0.4 is 10.2 Å². The lowest BCUT2D eigenvalue weighted by Crippen LogP contribution is -2.39. The maximum atomic E-state index is 12.3. The lowest BCUT2D eigenvalue weighted by molar-refractivity contribution is -0.121. The van der Waals surface area contributed by atoms with Gasteiger partial charge in [-0.25, -0.2) is 4.98 Å². The van der Waals surface area contributed by atoms with Crippen molar-refractivity contribution in [1.82, 2.24) is 25.4 Å². The van der Waals surface area contributed by atoms with Crippen LogP contribution in [0.15, 0.2) is 29.0 Å². The average molecular weight is 409 g/mol. The molecule has 3 aromatic rings. The van der Waals surface area contributed by atoms with Crippen molar-refractivity contribution < 1.29 is 9.32 Å². The van der Waals surface area contributed by atoms with E-state index in [2.05, 4.69) is 39.2 Å². The molecule has 1 aliphatic rings. The number of aryl methyl sites for hydroxylation is 2. The van der Waals surface area contributed by atoms with Gasteiger partial charge in [-0.2, -0.15) is 4.98 Å². The molecule has 4 rings (SSSR count). The molecule has 0 unspecified atom stereocenters. The quantitative estimate of drug-likeness (QED) is 0.669. The van der Waals surface area contributed by atoms with Gasteiger partial charge in [-0.1, -0.05) is 25.1 Å². The Morgan fingerprint density at radius 1 is 1.27 bits per heavy atom. The molecule has 0 aromatic carbocycles. The van der Waals surface area contributed by atoms with Crippen molar-refractivity contribution in [3.63, 3.8) is 0 Å². The van der Waals surface area contributed by atoms with E-state index < -0.39 is 0 Å². The molecule has 3 aromatic heterocycles. The van der Waals surface area contributed by atoms with Gasteiger partial charge in [-0.15, -0.1) is 0 Å². The van der Waals surface area contributed by atoms with E-state index in [1.807, 2.05) is 19.1 Å². The first-order valence-electron chi connectivity index (χ1n) is 10.5. The van der Waals surface area contributed by atoms with Gasteiger partial charge in [-0.05, 0) is 36.8 Å². The molecule has 1 saturated heterocycles. The van der Waals surface area contributed by atoms with Crippen LogP contribution in [0.2, 0.25) is 0 Å². The monoisotopic (exact) mass is 408 g/mol. The highest BCUT2D eigenvalue weighted by Gasteiger charge is 2.27. The fraction of sp³-hybridized carbons (Fsp3) is 0.500. The van der Waals surface area contributed by atoms with Gasteiger partial charge in [0.25, 0.3) is 5.71 Å². The van der Waals surface area contributed by atoms with Crippen LogP contribution in [-0.2, 0) is 17.8 Å². The number of carbonyl (C=O) groups is 1. The summed E-state index contributed by atoms with van der Waals surface area (Å²) in [5, 5.41) is 7.89. The SMILES string of the molecule is Cc1noc2nc(CCC(=O)NCc3cccnc3)nc(N3C[C@@H](C)C[C@H](C)C3)c12. The van der Waals surface area contributed by atoms with Crippen LogP contribution in [0.5, 0.6) is 0 Å². The number of fused-ring (bicyclic) bond motifs is 1. The summed E-state index contributed by atoms with van der Waals surface area (Å²) in [6.45, 7) is 8.83. The fourth-order valence-corrected chi connectivity index (χ4v) is 4.21. The van der Waals surface area contributed by atoms with E-state index >= 15 is 0 Å². The molecule has 8 nitrogen and oxygen atoms in total. The molecule has 1 aliphatic heterocycles. The summed E-state index contributed by atoms with van der Waals surface area (Å²) in [6, 6.07) is 3.79. The molecule has 2 atom stereocenters. The van der Waals surface area contributed by atoms with Crippen LogP contribution in [0.4, 0.5) is 5.82 Å². The standard InChI is InChI=1S/C22H28N6O2/c1-14-9-15(2)13-28(12-14)21-20-16(3)27-30-22(20)26-18(25-21)6-7-19(29)24-11-17-5-4-8-23-10-17/h4-5,8,10,14-15H,6-7,9,11-13H2,1-3H3,(H,24,29)/t14-,15-/m0/s1. The zero-order chi connectivity index (χ0) is 21.1. The normalized spacial score (nSPS) is 19.2. The molecule has 1 N–H and O–H groups in total. The number of aromatic nitrogens is 4. The van der Waals surface area contributed by atoms with E-state index in [4.69, 9.17) is 9.51 Å². The van der Waals surface area contributed by atoms with Gasteiger partial charge in [-0.3, -0.25) is 9.78 Å². The van der Waals surface area contributed by atoms with Crippen LogP contribution in [0.1, 0.15) is 43.8 Å². The average Bonchev–Trinajstić information content (AvgIpc) is 3.11. The molecule has 8 heteroatoms. The Balaban J connectivity index is 1.48. The predicted molar refractivity (Wildman–Crippen MR) is 114 cm³/mol. The number of hydrogen-bond acceptors (Lipinski definition) is 7. The van der Waals surface area contributed by atoms with Gasteiger partial charge in [0.05, 0.1) is 5.69 Å². The second-order valence-corrected chi connectivity index (χ2v) is 8.40. The summed E-state index contributed by atoms with van der Waals surface area (Å²) in [5.74, 6) is 2.64. The van der Waals surface area contributed by atoms with Crippen LogP contribution in [-0.4, -0.2) is 39.1 Å². The molecule has 1 amide bonds. The van der Waals surface area contributed by atoms with Gasteiger partial charge in [0, 0.05) is 44.9 Å². The molecule has 0 bridgehead atoms. The number of anilines is 1. The number of amides is 1. The first-order chi connectivity index (χ1) is 14.5. The summed E-state index contributed by atoms with van der Waals surface area (Å²) >= 11 is 0. The highest BCUT2D eigenvalue weighted by molar-refractivity contribution is 5.88. The van der Waals surface area contributed by atoms with E-state index in [1.165, 1.54) is 6.42 Å². The molecule has 4 heterocycles. The smallest absolute Gasteiger partial charge is 0.263 e. The summed E-state index contributed by atoms with van der Waals surface area (Å²) in [4.78, 5) is 28.0. The third kappa shape index (κ3) is 4.58. The summed E-state index contributed by atoms with van der Waals surface area (Å²) < 4.78 is 5.45. The fourth-order valence-electron chi connectivity index (χ4n) is 4.21. The number of pyridine rings is 1. The highest BCUT2D eigenvalue weighted by Crippen LogP contribution is 2.31. The Labute approximate surface area is 176 Å². The third-order valence-corrected chi connectivity index (χ3v) is 5.49. The second-order valence-electron chi connectivity index (χ2n) is 8.40. The van der Waals surface area contributed by atoms with Gasteiger partial charge in [0.15, 0.2) is 0 Å². The Morgan fingerprint density at radius 2 is 2.07 bits per heavy atom. The highest BCUT2D eigenvalue weighted by atomic mass is 16.5. The van der Waals surface area contributed by atoms with Crippen LogP contribution >= 0.6 is 0 Å². The van der Waals surface area contributed by atoms with Gasteiger partial charge >= 0.3 is 0 Å². The zero-order valence-corrected chi connectivity index (χ0v) is 17.8. The number of hydrogen-bond donors (Lipinski definition) is 1. The van der Waals surface area contributed by atoms with E-state index in [1.54, 1.807) is 12.4 Å². The predicted octanol–water partition coefficient (Wildman–Crippen LogP) is 3.05. The molecule has 0 saturated carbocycles. The number of rotatable bonds is 6. The summed E-state index contributed by atoms with van der Waals surface area (Å²) in [7, 11) is 0. The van der Waals surface area contributed by atoms with E-state index in [9.17, 15) is 4.79 Å². The van der Waals surface area contributed by atoms with E-state index in [-0.39, 0.29) is 5.91 Å². The molecule has 1 fully saturated rings. The Bertz CT molecular complexity index is 1010. The van der Waals surface area contributed by atoms with E-state index in [0.29, 0.717) is 42.8 Å².